The van der Waals surface area contributed by atoms with E-state index >= 15 is 0 Å². The van der Waals surface area contributed by atoms with Crippen molar-refractivity contribution < 1.29 is 4.39 Å². The van der Waals surface area contributed by atoms with Crippen molar-refractivity contribution in [2.24, 2.45) is 5.73 Å². The molecule has 0 aliphatic heterocycles. The van der Waals surface area contributed by atoms with Crippen molar-refractivity contribution in [2.45, 2.75) is 13.0 Å². The Bertz CT molecular complexity index is 330. The van der Waals surface area contributed by atoms with Gasteiger partial charge >= 0.3 is 0 Å². The van der Waals surface area contributed by atoms with Crippen molar-refractivity contribution in [2.75, 3.05) is 20.1 Å². The number of hydrogen-bond acceptors (Lipinski definition) is 2. The number of halogens is 2. The quantitative estimate of drug-likeness (QED) is 0.861. The minimum Gasteiger partial charge on any atom is -0.329 e. The summed E-state index contributed by atoms with van der Waals surface area (Å²) in [4.78, 5) is 2.08. The van der Waals surface area contributed by atoms with Crippen LogP contribution in [0.5, 0.6) is 0 Å². The lowest BCUT2D eigenvalue weighted by molar-refractivity contribution is 0.263. The van der Waals surface area contributed by atoms with E-state index in [1.165, 1.54) is 12.1 Å². The standard InChI is InChI=1S/C11H16ClFN2/c1-3-15(2)11(7-14)9-5-4-8(13)6-10(9)12/h4-6,11H,3,7,14H2,1-2H3. The molecule has 0 spiro atoms. The highest BCUT2D eigenvalue weighted by atomic mass is 35.5. The fourth-order valence-corrected chi connectivity index (χ4v) is 1.83. The van der Waals surface area contributed by atoms with Gasteiger partial charge in [0.25, 0.3) is 0 Å². The van der Waals surface area contributed by atoms with Gasteiger partial charge in [-0.25, -0.2) is 4.39 Å². The molecule has 0 radical (unpaired) electrons. The highest BCUT2D eigenvalue weighted by Crippen LogP contribution is 2.26. The molecule has 0 amide bonds. The number of benzene rings is 1. The maximum atomic E-state index is 12.9. The molecule has 0 aliphatic carbocycles. The summed E-state index contributed by atoms with van der Waals surface area (Å²) in [5.41, 5.74) is 6.57. The topological polar surface area (TPSA) is 29.3 Å². The van der Waals surface area contributed by atoms with Crippen molar-refractivity contribution in [3.8, 4) is 0 Å². The second kappa shape index (κ2) is 5.45. The Morgan fingerprint density at radius 3 is 2.67 bits per heavy atom. The molecule has 0 heterocycles. The molecule has 84 valence electrons. The van der Waals surface area contributed by atoms with Gasteiger partial charge < -0.3 is 5.73 Å². The largest absolute Gasteiger partial charge is 0.329 e. The minimum atomic E-state index is -0.321. The maximum absolute atomic E-state index is 12.9. The van der Waals surface area contributed by atoms with E-state index in [0.29, 0.717) is 11.6 Å². The molecule has 1 aromatic rings. The average Bonchev–Trinajstić information content (AvgIpc) is 2.21. The van der Waals surface area contributed by atoms with Crippen LogP contribution in [0.15, 0.2) is 18.2 Å². The normalized spacial score (nSPS) is 13.2. The lowest BCUT2D eigenvalue weighted by atomic mass is 10.1. The molecule has 0 bridgehead atoms. The summed E-state index contributed by atoms with van der Waals surface area (Å²) >= 11 is 5.98. The van der Waals surface area contributed by atoms with Gasteiger partial charge in [0.2, 0.25) is 0 Å². The van der Waals surface area contributed by atoms with E-state index in [1.54, 1.807) is 6.07 Å². The predicted octanol–water partition coefficient (Wildman–Crippen LogP) is 2.43. The van der Waals surface area contributed by atoms with Crippen LogP contribution in [0.2, 0.25) is 5.02 Å². The van der Waals surface area contributed by atoms with Gasteiger partial charge in [0.15, 0.2) is 0 Å². The number of nitrogens with two attached hydrogens (primary N) is 1. The monoisotopic (exact) mass is 230 g/mol. The molecule has 4 heteroatoms. The smallest absolute Gasteiger partial charge is 0.124 e. The second-order valence-corrected chi connectivity index (χ2v) is 3.90. The SMILES string of the molecule is CCN(C)C(CN)c1ccc(F)cc1Cl. The van der Waals surface area contributed by atoms with Gasteiger partial charge in [0.05, 0.1) is 0 Å². The molecule has 1 aromatic carbocycles. The Balaban J connectivity index is 3.01. The molecule has 1 rings (SSSR count). The van der Waals surface area contributed by atoms with E-state index in [9.17, 15) is 4.39 Å². The Labute approximate surface area is 94.8 Å². The first-order valence-corrected chi connectivity index (χ1v) is 5.33. The zero-order valence-corrected chi connectivity index (χ0v) is 9.76. The van der Waals surface area contributed by atoms with Crippen molar-refractivity contribution in [1.82, 2.24) is 4.90 Å². The van der Waals surface area contributed by atoms with Crippen LogP contribution >= 0.6 is 11.6 Å². The summed E-state index contributed by atoms with van der Waals surface area (Å²) in [6.07, 6.45) is 0. The van der Waals surface area contributed by atoms with E-state index in [1.807, 2.05) is 14.0 Å². The molecule has 2 N–H and O–H groups in total. The van der Waals surface area contributed by atoms with Crippen LogP contribution in [0.1, 0.15) is 18.5 Å². The van der Waals surface area contributed by atoms with Gasteiger partial charge in [-0.3, -0.25) is 4.90 Å². The summed E-state index contributed by atoms with van der Waals surface area (Å²) in [6, 6.07) is 4.47. The van der Waals surface area contributed by atoms with Crippen molar-refractivity contribution in [3.05, 3.63) is 34.6 Å². The van der Waals surface area contributed by atoms with Crippen LogP contribution in [0.4, 0.5) is 4.39 Å². The van der Waals surface area contributed by atoms with Gasteiger partial charge in [-0.05, 0) is 31.3 Å². The van der Waals surface area contributed by atoms with Crippen molar-refractivity contribution >= 4 is 11.6 Å². The van der Waals surface area contributed by atoms with Gasteiger partial charge in [-0.1, -0.05) is 24.6 Å². The molecule has 1 atom stereocenters. The first-order valence-electron chi connectivity index (χ1n) is 4.95. The van der Waals surface area contributed by atoms with Crippen LogP contribution in [-0.4, -0.2) is 25.0 Å². The van der Waals surface area contributed by atoms with Crippen molar-refractivity contribution in [3.63, 3.8) is 0 Å². The third kappa shape index (κ3) is 2.91. The van der Waals surface area contributed by atoms with Crippen molar-refractivity contribution in [1.29, 1.82) is 0 Å². The fourth-order valence-electron chi connectivity index (χ4n) is 1.54. The molecular formula is C11H16ClFN2. The molecule has 0 aliphatic rings. The zero-order chi connectivity index (χ0) is 11.4. The summed E-state index contributed by atoms with van der Waals surface area (Å²) in [5, 5.41) is 0.436. The zero-order valence-electron chi connectivity index (χ0n) is 9.00. The third-order valence-electron chi connectivity index (χ3n) is 2.58. The van der Waals surface area contributed by atoms with Crippen LogP contribution in [0.3, 0.4) is 0 Å². The lowest BCUT2D eigenvalue weighted by Crippen LogP contribution is -2.30. The highest BCUT2D eigenvalue weighted by molar-refractivity contribution is 6.31. The highest BCUT2D eigenvalue weighted by Gasteiger charge is 2.17. The first kappa shape index (κ1) is 12.4. The Morgan fingerprint density at radius 1 is 1.53 bits per heavy atom. The first-order chi connectivity index (χ1) is 7.10. The molecular weight excluding hydrogens is 215 g/mol. The summed E-state index contributed by atoms with van der Waals surface area (Å²) in [7, 11) is 1.97. The van der Waals surface area contributed by atoms with Crippen LogP contribution in [0, 0.1) is 5.82 Å². The van der Waals surface area contributed by atoms with E-state index in [-0.39, 0.29) is 11.9 Å². The lowest BCUT2D eigenvalue weighted by Gasteiger charge is -2.26. The van der Waals surface area contributed by atoms with Crippen LogP contribution in [-0.2, 0) is 0 Å². The Morgan fingerprint density at radius 2 is 2.20 bits per heavy atom. The number of hydrogen-bond donors (Lipinski definition) is 1. The van der Waals surface area contributed by atoms with E-state index in [0.717, 1.165) is 12.1 Å². The predicted molar refractivity (Wildman–Crippen MR) is 61.5 cm³/mol. The molecule has 0 aromatic heterocycles. The molecule has 0 saturated carbocycles. The van der Waals surface area contributed by atoms with E-state index in [2.05, 4.69) is 4.90 Å². The van der Waals surface area contributed by atoms with Gasteiger partial charge in [-0.2, -0.15) is 0 Å². The second-order valence-electron chi connectivity index (χ2n) is 3.49. The average molecular weight is 231 g/mol. The third-order valence-corrected chi connectivity index (χ3v) is 2.90. The van der Waals surface area contributed by atoms with Crippen LogP contribution < -0.4 is 5.73 Å². The Hall–Kier alpha value is -0.640. The van der Waals surface area contributed by atoms with Gasteiger partial charge in [-0.15, -0.1) is 0 Å². The number of rotatable bonds is 4. The molecule has 0 saturated heterocycles. The summed E-state index contributed by atoms with van der Waals surface area (Å²) in [6.45, 7) is 3.38. The van der Waals surface area contributed by atoms with Gasteiger partial charge in [0, 0.05) is 17.6 Å². The Kier molecular flexibility index (Phi) is 4.51. The minimum absolute atomic E-state index is 0.0445. The molecule has 0 fully saturated rings. The summed E-state index contributed by atoms with van der Waals surface area (Å²) in [5.74, 6) is -0.321. The summed E-state index contributed by atoms with van der Waals surface area (Å²) < 4.78 is 12.9. The number of likely N-dealkylation sites (N-methyl/N-ethyl adjacent to an activating group) is 1. The van der Waals surface area contributed by atoms with Gasteiger partial charge in [0.1, 0.15) is 5.82 Å². The van der Waals surface area contributed by atoms with E-state index < -0.39 is 0 Å². The fraction of sp³-hybridized carbons (Fsp3) is 0.455. The molecule has 1 unspecified atom stereocenters. The maximum Gasteiger partial charge on any atom is 0.124 e. The molecule has 15 heavy (non-hydrogen) atoms. The van der Waals surface area contributed by atoms with E-state index in [4.69, 9.17) is 17.3 Å². The molecule has 2 nitrogen and oxygen atoms in total. The van der Waals surface area contributed by atoms with Crippen LogP contribution in [0.25, 0.3) is 0 Å². The number of nitrogens with zero attached hydrogens (tertiary/aromatic N) is 1.